The molecule has 64 valence electrons. The van der Waals surface area contributed by atoms with Gasteiger partial charge in [-0.3, -0.25) is 0 Å². The molecule has 0 spiro atoms. The number of rotatable bonds is 2. The molecular formula is C9H12N2O. The zero-order valence-corrected chi connectivity index (χ0v) is 7.23. The summed E-state index contributed by atoms with van der Waals surface area (Å²) in [6.45, 7) is 0. The Kier molecular flexibility index (Phi) is 2.69. The van der Waals surface area contributed by atoms with E-state index >= 15 is 0 Å². The lowest BCUT2D eigenvalue weighted by Crippen LogP contribution is -2.06. The molecule has 0 aliphatic rings. The molecule has 1 aromatic rings. The Morgan fingerprint density at radius 3 is 2.33 bits per heavy atom. The minimum absolute atomic E-state index is 0.263. The predicted molar refractivity (Wildman–Crippen MR) is 49.9 cm³/mol. The average Bonchev–Trinajstić information content (AvgIpc) is 2.03. The number of benzene rings is 1. The molecule has 0 aromatic heterocycles. The predicted octanol–water partition coefficient (Wildman–Crippen LogP) is 1.61. The molecule has 1 N–H and O–H groups in total. The van der Waals surface area contributed by atoms with Gasteiger partial charge >= 0.3 is 0 Å². The number of hydrogen-bond donors (Lipinski definition) is 1. The van der Waals surface area contributed by atoms with Crippen molar-refractivity contribution >= 4 is 12.0 Å². The van der Waals surface area contributed by atoms with Crippen LogP contribution < -0.4 is 0 Å². The van der Waals surface area contributed by atoms with E-state index in [4.69, 9.17) is 5.11 Å². The van der Waals surface area contributed by atoms with Gasteiger partial charge in [-0.25, -0.2) is 4.99 Å². The van der Waals surface area contributed by atoms with E-state index in [0.29, 0.717) is 0 Å². The summed E-state index contributed by atoms with van der Waals surface area (Å²) >= 11 is 0. The van der Waals surface area contributed by atoms with Gasteiger partial charge in [0.25, 0.3) is 0 Å². The molecule has 1 aromatic carbocycles. The number of hydrogen-bond acceptors (Lipinski definition) is 2. The second-order valence-corrected chi connectivity index (χ2v) is 2.72. The molecule has 0 bridgehead atoms. The molecule has 0 unspecified atom stereocenters. The van der Waals surface area contributed by atoms with Gasteiger partial charge in [-0.05, 0) is 24.3 Å². The van der Waals surface area contributed by atoms with Crippen molar-refractivity contribution < 1.29 is 5.11 Å². The van der Waals surface area contributed by atoms with Crippen molar-refractivity contribution in [3.63, 3.8) is 0 Å². The highest BCUT2D eigenvalue weighted by Crippen LogP contribution is 2.15. The van der Waals surface area contributed by atoms with Crippen LogP contribution in [0.25, 0.3) is 0 Å². The number of phenolic OH excluding ortho intramolecular Hbond substituents is 1. The molecule has 0 amide bonds. The molecule has 0 saturated carbocycles. The molecule has 0 saturated heterocycles. The average molecular weight is 164 g/mol. The van der Waals surface area contributed by atoms with Crippen LogP contribution in [0.5, 0.6) is 5.75 Å². The second kappa shape index (κ2) is 3.76. The van der Waals surface area contributed by atoms with Gasteiger partial charge in [-0.1, -0.05) is 0 Å². The molecule has 0 fully saturated rings. The van der Waals surface area contributed by atoms with Crippen molar-refractivity contribution in [1.82, 2.24) is 4.90 Å². The molecule has 0 aliphatic carbocycles. The lowest BCUT2D eigenvalue weighted by atomic mass is 10.3. The summed E-state index contributed by atoms with van der Waals surface area (Å²) < 4.78 is 0. The summed E-state index contributed by atoms with van der Waals surface area (Å²) in [7, 11) is 3.81. The summed E-state index contributed by atoms with van der Waals surface area (Å²) in [4.78, 5) is 5.99. The second-order valence-electron chi connectivity index (χ2n) is 2.72. The summed E-state index contributed by atoms with van der Waals surface area (Å²) in [6, 6.07) is 6.75. The fourth-order valence-electron chi connectivity index (χ4n) is 0.721. The molecule has 3 nitrogen and oxygen atoms in total. The monoisotopic (exact) mass is 164 g/mol. The van der Waals surface area contributed by atoms with Gasteiger partial charge in [0.05, 0.1) is 12.0 Å². The van der Waals surface area contributed by atoms with Crippen LogP contribution in [0.1, 0.15) is 0 Å². The Bertz CT molecular complexity index is 264. The third kappa shape index (κ3) is 2.62. The Hall–Kier alpha value is -1.51. The largest absolute Gasteiger partial charge is 0.508 e. The van der Waals surface area contributed by atoms with Gasteiger partial charge in [-0.15, -0.1) is 0 Å². The molecule has 0 aliphatic heterocycles. The highest BCUT2D eigenvalue weighted by molar-refractivity contribution is 5.60. The highest BCUT2D eigenvalue weighted by atomic mass is 16.3. The molecule has 3 heteroatoms. The van der Waals surface area contributed by atoms with Gasteiger partial charge < -0.3 is 10.0 Å². The molecular weight excluding hydrogens is 152 g/mol. The maximum absolute atomic E-state index is 8.97. The summed E-state index contributed by atoms with van der Waals surface area (Å²) in [5, 5.41) is 8.97. The van der Waals surface area contributed by atoms with Crippen LogP contribution in [-0.4, -0.2) is 30.4 Å². The van der Waals surface area contributed by atoms with E-state index in [-0.39, 0.29) is 5.75 Å². The topological polar surface area (TPSA) is 35.8 Å². The van der Waals surface area contributed by atoms with Crippen molar-refractivity contribution in [3.05, 3.63) is 24.3 Å². The lowest BCUT2D eigenvalue weighted by molar-refractivity contribution is 0.475. The van der Waals surface area contributed by atoms with E-state index in [0.717, 1.165) is 5.69 Å². The summed E-state index contributed by atoms with van der Waals surface area (Å²) in [6.07, 6.45) is 1.71. The van der Waals surface area contributed by atoms with E-state index in [1.807, 2.05) is 19.0 Å². The van der Waals surface area contributed by atoms with E-state index in [1.165, 1.54) is 0 Å². The quantitative estimate of drug-likeness (QED) is 0.532. The highest BCUT2D eigenvalue weighted by Gasteiger charge is 1.88. The minimum atomic E-state index is 0.263. The smallest absolute Gasteiger partial charge is 0.115 e. The first kappa shape index (κ1) is 8.59. The van der Waals surface area contributed by atoms with Gasteiger partial charge in [0.2, 0.25) is 0 Å². The van der Waals surface area contributed by atoms with Gasteiger partial charge in [0.1, 0.15) is 5.75 Å². The van der Waals surface area contributed by atoms with Gasteiger partial charge in [0, 0.05) is 14.1 Å². The Morgan fingerprint density at radius 2 is 1.83 bits per heavy atom. The first-order valence-corrected chi connectivity index (χ1v) is 3.68. The van der Waals surface area contributed by atoms with Gasteiger partial charge in [-0.2, -0.15) is 0 Å². The normalized spacial score (nSPS) is 10.5. The summed E-state index contributed by atoms with van der Waals surface area (Å²) in [5.74, 6) is 0.263. The van der Waals surface area contributed by atoms with E-state index in [2.05, 4.69) is 4.99 Å². The van der Waals surface area contributed by atoms with Crippen molar-refractivity contribution in [2.24, 2.45) is 4.99 Å². The number of aromatic hydroxyl groups is 1. The van der Waals surface area contributed by atoms with Gasteiger partial charge in [0.15, 0.2) is 0 Å². The standard InChI is InChI=1S/C9H12N2O/c1-11(2)7-10-8-3-5-9(12)6-4-8/h3-7,12H,1-2H3/b10-7+. The Balaban J connectivity index is 2.71. The molecule has 0 heterocycles. The first-order valence-electron chi connectivity index (χ1n) is 3.68. The van der Waals surface area contributed by atoms with Crippen LogP contribution in [0.4, 0.5) is 5.69 Å². The maximum Gasteiger partial charge on any atom is 0.115 e. The van der Waals surface area contributed by atoms with Crippen LogP contribution in [-0.2, 0) is 0 Å². The zero-order chi connectivity index (χ0) is 8.97. The van der Waals surface area contributed by atoms with E-state index in [1.54, 1.807) is 30.6 Å². The molecule has 0 radical (unpaired) electrons. The molecule has 0 atom stereocenters. The van der Waals surface area contributed by atoms with Crippen molar-refractivity contribution in [3.8, 4) is 5.75 Å². The first-order chi connectivity index (χ1) is 5.68. The number of phenols is 1. The van der Waals surface area contributed by atoms with E-state index < -0.39 is 0 Å². The fraction of sp³-hybridized carbons (Fsp3) is 0.222. The zero-order valence-electron chi connectivity index (χ0n) is 7.23. The molecule has 1 rings (SSSR count). The Morgan fingerprint density at radius 1 is 1.25 bits per heavy atom. The summed E-state index contributed by atoms with van der Waals surface area (Å²) in [5.41, 5.74) is 0.835. The van der Waals surface area contributed by atoms with Crippen LogP contribution in [0.15, 0.2) is 29.3 Å². The molecule has 12 heavy (non-hydrogen) atoms. The lowest BCUT2D eigenvalue weighted by Gasteiger charge is -2.01. The third-order valence-electron chi connectivity index (χ3n) is 1.29. The van der Waals surface area contributed by atoms with E-state index in [9.17, 15) is 0 Å². The van der Waals surface area contributed by atoms with Crippen molar-refractivity contribution in [2.45, 2.75) is 0 Å². The number of aliphatic imine (C=N–C) groups is 1. The Labute approximate surface area is 72.0 Å². The third-order valence-corrected chi connectivity index (χ3v) is 1.29. The SMILES string of the molecule is CN(C)/C=N/c1ccc(O)cc1. The number of nitrogens with zero attached hydrogens (tertiary/aromatic N) is 2. The maximum atomic E-state index is 8.97. The van der Waals surface area contributed by atoms with Crippen LogP contribution in [0.3, 0.4) is 0 Å². The van der Waals surface area contributed by atoms with Crippen molar-refractivity contribution in [2.75, 3.05) is 14.1 Å². The van der Waals surface area contributed by atoms with Crippen LogP contribution in [0, 0.1) is 0 Å². The van der Waals surface area contributed by atoms with Crippen LogP contribution in [0.2, 0.25) is 0 Å². The fourth-order valence-corrected chi connectivity index (χ4v) is 0.721. The van der Waals surface area contributed by atoms with Crippen LogP contribution >= 0.6 is 0 Å². The minimum Gasteiger partial charge on any atom is -0.508 e. The van der Waals surface area contributed by atoms with Crippen molar-refractivity contribution in [1.29, 1.82) is 0 Å².